The topological polar surface area (TPSA) is 119 Å². The van der Waals surface area contributed by atoms with Crippen LogP contribution in [0.15, 0.2) is 48.5 Å². The quantitative estimate of drug-likeness (QED) is 0.174. The van der Waals surface area contributed by atoms with Crippen LogP contribution in [-0.2, 0) is 11.3 Å². The first-order valence-corrected chi connectivity index (χ1v) is 14.5. The number of hydrogen-bond donors (Lipinski definition) is 4. The third-order valence-electron chi connectivity index (χ3n) is 7.50. The highest BCUT2D eigenvalue weighted by Crippen LogP contribution is 2.35. The van der Waals surface area contributed by atoms with Gasteiger partial charge in [-0.15, -0.1) is 0 Å². The van der Waals surface area contributed by atoms with E-state index in [1.807, 2.05) is 6.07 Å². The summed E-state index contributed by atoms with van der Waals surface area (Å²) in [6.45, 7) is 5.21. The molecule has 0 saturated heterocycles. The summed E-state index contributed by atoms with van der Waals surface area (Å²) in [7, 11) is 4.48. The van der Waals surface area contributed by atoms with Gasteiger partial charge in [-0.2, -0.15) is 4.98 Å². The van der Waals surface area contributed by atoms with Gasteiger partial charge in [0.25, 0.3) is 0 Å². The molecule has 2 aromatic heterocycles. The van der Waals surface area contributed by atoms with Crippen LogP contribution in [0.5, 0.6) is 5.75 Å². The highest BCUT2D eigenvalue weighted by Gasteiger charge is 2.20. The van der Waals surface area contributed by atoms with Crippen molar-refractivity contribution in [1.82, 2.24) is 19.9 Å². The second-order valence-electron chi connectivity index (χ2n) is 10.2. The number of allylic oxidation sites excluding steroid dienone is 1. The second kappa shape index (κ2) is 14.8. The fourth-order valence-electron chi connectivity index (χ4n) is 5.56. The number of aliphatic hydroxyl groups is 1. The van der Waals surface area contributed by atoms with Gasteiger partial charge in [0.15, 0.2) is 5.82 Å². The maximum Gasteiger partial charge on any atom is 0.222 e. The monoisotopic (exact) mass is 560 g/mol. The lowest BCUT2D eigenvalue weighted by Crippen LogP contribution is -2.31. The minimum atomic E-state index is 0.280. The number of hydrogen-bond acceptors (Lipinski definition) is 8. The lowest BCUT2D eigenvalue weighted by molar-refractivity contribution is 0.197. The van der Waals surface area contributed by atoms with Crippen LogP contribution >= 0.6 is 0 Å². The number of anilines is 2. The number of nitrogens with zero attached hydrogens (tertiary/aromatic N) is 3. The highest BCUT2D eigenvalue weighted by molar-refractivity contribution is 6.09. The summed E-state index contributed by atoms with van der Waals surface area (Å²) >= 11 is 0. The lowest BCUT2D eigenvalue weighted by atomic mass is 9.90. The van der Waals surface area contributed by atoms with E-state index in [-0.39, 0.29) is 5.95 Å². The van der Waals surface area contributed by atoms with Crippen LogP contribution in [0.2, 0.25) is 0 Å². The molecule has 220 valence electrons. The Kier molecular flexibility index (Phi) is 11.0. The molecule has 1 aliphatic rings. The third kappa shape index (κ3) is 6.98. The average Bonchev–Trinajstić information content (AvgIpc) is 3.31. The molecule has 2 aromatic carbocycles. The average molecular weight is 561 g/mol. The number of nitrogens with one attached hydrogen (secondary N) is 2. The van der Waals surface area contributed by atoms with Gasteiger partial charge < -0.3 is 35.5 Å². The number of methoxy groups -OCH3 is 2. The number of nitrogen functional groups attached to an aromatic ring is 1. The number of para-hydroxylation sites is 1. The molecule has 5 rings (SSSR count). The summed E-state index contributed by atoms with van der Waals surface area (Å²) in [5.74, 6) is 1.92. The fraction of sp³-hybridized carbons (Fsp3) is 0.438. The first-order valence-electron chi connectivity index (χ1n) is 14.5. The number of ether oxygens (including phenoxy) is 2. The molecule has 0 aliphatic heterocycles. The van der Waals surface area contributed by atoms with E-state index in [0.717, 1.165) is 98.0 Å². The van der Waals surface area contributed by atoms with Gasteiger partial charge in [0, 0.05) is 44.3 Å². The molecule has 1 atom stereocenters. The molecule has 0 amide bonds. The van der Waals surface area contributed by atoms with E-state index in [1.54, 1.807) is 14.2 Å². The predicted molar refractivity (Wildman–Crippen MR) is 169 cm³/mol. The van der Waals surface area contributed by atoms with Gasteiger partial charge in [0.1, 0.15) is 16.8 Å². The van der Waals surface area contributed by atoms with Gasteiger partial charge in [-0.3, -0.25) is 0 Å². The van der Waals surface area contributed by atoms with Gasteiger partial charge in [-0.1, -0.05) is 43.7 Å². The van der Waals surface area contributed by atoms with Crippen molar-refractivity contribution in [2.24, 2.45) is 0 Å². The van der Waals surface area contributed by atoms with E-state index in [2.05, 4.69) is 74.6 Å². The number of fused-ring (bicyclic) bond motifs is 3. The largest absolute Gasteiger partial charge is 0.496 e. The molecule has 0 spiro atoms. The molecule has 0 radical (unpaired) electrons. The first kappa shape index (κ1) is 30.3. The molecule has 41 heavy (non-hydrogen) atoms. The van der Waals surface area contributed by atoms with Crippen LogP contribution in [0.4, 0.5) is 11.8 Å². The van der Waals surface area contributed by atoms with Crippen molar-refractivity contribution in [3.05, 3.63) is 59.7 Å². The maximum atomic E-state index is 7.00. The van der Waals surface area contributed by atoms with Crippen molar-refractivity contribution in [2.45, 2.75) is 51.6 Å². The molecule has 4 aromatic rings. The summed E-state index contributed by atoms with van der Waals surface area (Å²) in [6, 6.07) is 15.3. The predicted octanol–water partition coefficient (Wildman–Crippen LogP) is 5.22. The third-order valence-corrected chi connectivity index (χ3v) is 7.50. The highest BCUT2D eigenvalue weighted by atomic mass is 16.5. The van der Waals surface area contributed by atoms with Crippen LogP contribution in [0.3, 0.4) is 0 Å². The molecule has 9 nitrogen and oxygen atoms in total. The van der Waals surface area contributed by atoms with Crippen molar-refractivity contribution < 1.29 is 14.6 Å². The van der Waals surface area contributed by atoms with Crippen molar-refractivity contribution in [3.8, 4) is 5.75 Å². The van der Waals surface area contributed by atoms with E-state index >= 15 is 0 Å². The standard InChI is InChI=1S/C31H40N6O2.CH4O/c1-4-5-15-34-30-29-28(35-31(32)36-30)25-11-6-7-12-26(25)37(29)20-23-18-22(13-14-27(23)39-3)21-9-8-10-24(19-21)33-16-17-38-2;1-2/h6-7,11-14,18-19,24,33H,4-5,8-10,15-17,20H2,1-3H3,(H3,32,34,35,36);2H,1H3. The van der Waals surface area contributed by atoms with Crippen LogP contribution in [0.1, 0.15) is 50.2 Å². The molecule has 0 bridgehead atoms. The van der Waals surface area contributed by atoms with Crippen LogP contribution < -0.4 is 21.1 Å². The zero-order chi connectivity index (χ0) is 29.2. The van der Waals surface area contributed by atoms with Crippen molar-refractivity contribution in [2.75, 3.05) is 52.1 Å². The zero-order valence-electron chi connectivity index (χ0n) is 24.7. The molecular weight excluding hydrogens is 516 g/mol. The summed E-state index contributed by atoms with van der Waals surface area (Å²) in [5.41, 5.74) is 12.8. The summed E-state index contributed by atoms with van der Waals surface area (Å²) in [4.78, 5) is 9.30. The lowest BCUT2D eigenvalue weighted by Gasteiger charge is -2.23. The SMILES string of the molecule is CCCCNc1nc(N)nc2c3ccccc3n(Cc3cc(C4=CC(NCCOC)CCC4)ccc3OC)c12.CO. The number of unbranched alkanes of at least 4 members (excludes halogenated alkanes) is 1. The van der Waals surface area contributed by atoms with Gasteiger partial charge in [-0.25, -0.2) is 4.98 Å². The Hall–Kier alpha value is -3.66. The molecular formula is C32H44N6O3. The van der Waals surface area contributed by atoms with E-state index in [1.165, 1.54) is 11.1 Å². The van der Waals surface area contributed by atoms with Crippen molar-refractivity contribution in [1.29, 1.82) is 0 Å². The number of benzene rings is 2. The zero-order valence-corrected chi connectivity index (χ0v) is 24.7. The van der Waals surface area contributed by atoms with E-state index in [9.17, 15) is 0 Å². The molecule has 9 heteroatoms. The van der Waals surface area contributed by atoms with E-state index < -0.39 is 0 Å². The molecule has 0 fully saturated rings. The Morgan fingerprint density at radius 2 is 1.93 bits per heavy atom. The van der Waals surface area contributed by atoms with Crippen molar-refractivity contribution >= 4 is 39.3 Å². The van der Waals surface area contributed by atoms with Crippen LogP contribution in [-0.4, -0.2) is 66.7 Å². The fourth-order valence-corrected chi connectivity index (χ4v) is 5.56. The van der Waals surface area contributed by atoms with E-state index in [0.29, 0.717) is 12.6 Å². The Bertz CT molecular complexity index is 1470. The smallest absolute Gasteiger partial charge is 0.222 e. The number of rotatable bonds is 12. The summed E-state index contributed by atoms with van der Waals surface area (Å²) < 4.78 is 13.4. The number of aromatic nitrogens is 3. The molecule has 0 saturated carbocycles. The molecule has 2 heterocycles. The number of nitrogens with two attached hydrogens (primary N) is 1. The normalized spacial score (nSPS) is 15.0. The van der Waals surface area contributed by atoms with Crippen LogP contribution in [0.25, 0.3) is 27.5 Å². The first-order chi connectivity index (χ1) is 20.1. The Morgan fingerprint density at radius 1 is 1.10 bits per heavy atom. The maximum absolute atomic E-state index is 7.00. The minimum Gasteiger partial charge on any atom is -0.496 e. The number of aliphatic hydroxyl groups excluding tert-OH is 1. The molecule has 5 N–H and O–H groups in total. The summed E-state index contributed by atoms with van der Waals surface area (Å²) in [6.07, 6.45) is 7.92. The Balaban J connectivity index is 0.00000189. The van der Waals surface area contributed by atoms with Gasteiger partial charge in [0.05, 0.1) is 25.8 Å². The molecule has 1 unspecified atom stereocenters. The Morgan fingerprint density at radius 3 is 2.71 bits per heavy atom. The molecule has 1 aliphatic carbocycles. The Labute approximate surface area is 242 Å². The van der Waals surface area contributed by atoms with Gasteiger partial charge >= 0.3 is 0 Å². The minimum absolute atomic E-state index is 0.280. The van der Waals surface area contributed by atoms with Crippen LogP contribution in [0, 0.1) is 0 Å². The van der Waals surface area contributed by atoms with Gasteiger partial charge in [0.2, 0.25) is 5.95 Å². The van der Waals surface area contributed by atoms with Gasteiger partial charge in [-0.05, 0) is 55.0 Å². The van der Waals surface area contributed by atoms with E-state index in [4.69, 9.17) is 20.3 Å². The second-order valence-corrected chi connectivity index (χ2v) is 10.2. The summed E-state index contributed by atoms with van der Waals surface area (Å²) in [5, 5.41) is 15.2. The van der Waals surface area contributed by atoms with Crippen molar-refractivity contribution in [3.63, 3.8) is 0 Å².